The summed E-state index contributed by atoms with van der Waals surface area (Å²) in [6.45, 7) is 85.0. The van der Waals surface area contributed by atoms with Crippen LogP contribution in [-0.2, 0) is 25.7 Å². The van der Waals surface area contributed by atoms with Crippen LogP contribution in [0.25, 0.3) is 133 Å². The number of aryl methyl sites for hydroxylation is 6. The molecule has 0 N–H and O–H groups in total. The van der Waals surface area contributed by atoms with Crippen molar-refractivity contribution in [3.05, 3.63) is 478 Å². The van der Waals surface area contributed by atoms with E-state index < -0.39 is 0 Å². The van der Waals surface area contributed by atoms with Crippen molar-refractivity contribution < 1.29 is 0 Å². The molecule has 150 heavy (non-hydrogen) atoms. The SMILES string of the molecule is CC.CC.CC.CC.CC.CC.CC.CC.CC.CC.CC.CC.CC.CC.CC.CC.CC.CC.Cc1ccc(-c2ccccc2)c2c1Cc1ccccc1-2.Cc1ccc2cc(-c3ccccc3)ccc2c1.Cc1cccc(-c2cccc3c2-c2ccccc2C3)c1.Cc1cccc(-c2cccc3c2-c2ccccc2C3)c1.Cc1cccc2c(-c3ccccc3)cccc12.Cc1ccccc1-c1cccc2c1-c1ccccc1C2. The maximum Gasteiger partial charge on any atom is -0.00106 e. The van der Waals surface area contributed by atoms with Crippen molar-refractivity contribution in [1.82, 2.24) is 0 Å². The first-order valence-corrected chi connectivity index (χ1v) is 58.2. The lowest BCUT2D eigenvalue weighted by Gasteiger charge is -2.12. The van der Waals surface area contributed by atoms with Crippen molar-refractivity contribution >= 4 is 21.5 Å². The molecule has 0 amide bonds. The third-order valence-electron chi connectivity index (χ3n) is 23.2. The van der Waals surface area contributed by atoms with Crippen molar-refractivity contribution in [3.63, 3.8) is 0 Å². The minimum atomic E-state index is 1.06. The van der Waals surface area contributed by atoms with Gasteiger partial charge in [0.2, 0.25) is 0 Å². The van der Waals surface area contributed by atoms with Crippen LogP contribution < -0.4 is 0 Å². The molecule has 0 unspecified atom stereocenters. The first-order chi connectivity index (χ1) is 74.0. The fourth-order valence-corrected chi connectivity index (χ4v) is 17.5. The van der Waals surface area contributed by atoms with Gasteiger partial charge >= 0.3 is 0 Å². The zero-order valence-electron chi connectivity index (χ0n) is 102. The summed E-state index contributed by atoms with van der Waals surface area (Å²) in [5.74, 6) is 0. The highest BCUT2D eigenvalue weighted by Crippen LogP contribution is 2.48. The summed E-state index contributed by atoms with van der Waals surface area (Å²) in [6.07, 6.45) is 4.25. The monoisotopic (exact) mass is 2000 g/mol. The minimum absolute atomic E-state index is 1.06. The quantitative estimate of drug-likeness (QED) is 0.156. The first kappa shape index (κ1) is 139. The smallest absolute Gasteiger partial charge is 0.00106 e. The first-order valence-electron chi connectivity index (χ1n) is 58.2. The van der Waals surface area contributed by atoms with E-state index in [0.717, 1.165) is 25.7 Å². The van der Waals surface area contributed by atoms with Crippen LogP contribution >= 0.6 is 0 Å². The minimum Gasteiger partial charge on any atom is -0.0683 e. The summed E-state index contributed by atoms with van der Waals surface area (Å²) in [5.41, 5.74) is 46.8. The van der Waals surface area contributed by atoms with Gasteiger partial charge in [0.15, 0.2) is 0 Å². The molecule has 18 aromatic rings. The van der Waals surface area contributed by atoms with E-state index in [0.29, 0.717) is 0 Å². The van der Waals surface area contributed by atoms with Gasteiger partial charge in [0, 0.05) is 0 Å². The van der Waals surface area contributed by atoms with Crippen molar-refractivity contribution in [3.8, 4) is 111 Å². The van der Waals surface area contributed by atoms with Gasteiger partial charge in [-0.1, -0.05) is 660 Å². The molecule has 4 aliphatic rings. The molecule has 0 saturated heterocycles. The van der Waals surface area contributed by atoms with Crippen LogP contribution in [0.3, 0.4) is 0 Å². The standard InChI is InChI=1S/4C20H16.2C17H14.18C2H6/c1-14-7-2-4-10-17(14)19-12-6-9-16-13-15-8-3-5-11-18(15)20(16)19;2*1-14-6-4-8-15(12-14)19-11-5-9-17-13-16-7-2-3-10-18(16)20(17)19;1-14-11-12-18(15-7-3-2-4-8-15)20-17-10-6-5-9-16(17)13-19(14)20;1-13-7-5-12-17-15(13)10-6-11-16(17)14-8-3-2-4-9-14;1-13-7-8-17-12-16(10-9-15(17)11-13)14-5-3-2-4-6-14;18*1-2/h4*2-12H,13H2,1H3;2*2-12H,1H3;18*1-2H3. The van der Waals surface area contributed by atoms with Crippen molar-refractivity contribution in [2.45, 2.75) is 316 Å². The molecular formula is C150H200. The maximum absolute atomic E-state index is 2.27. The van der Waals surface area contributed by atoms with Crippen LogP contribution in [0.2, 0.25) is 0 Å². The lowest BCUT2D eigenvalue weighted by atomic mass is 9.92. The number of benzene rings is 18. The normalized spacial score (nSPS) is 9.56. The predicted molar refractivity (Wildman–Crippen MR) is 692 cm³/mol. The summed E-state index contributed by atoms with van der Waals surface area (Å²) >= 11 is 0. The van der Waals surface area contributed by atoms with Crippen LogP contribution in [0.4, 0.5) is 0 Å². The Kier molecular flexibility index (Phi) is 77.8. The van der Waals surface area contributed by atoms with E-state index in [2.05, 4.69) is 436 Å². The molecule has 18 aromatic carbocycles. The fraction of sp³-hybridized carbons (Fsp3) is 0.307. The molecule has 0 fully saturated rings. The van der Waals surface area contributed by atoms with Crippen LogP contribution in [0.1, 0.15) is 327 Å². The molecule has 0 radical (unpaired) electrons. The van der Waals surface area contributed by atoms with Crippen LogP contribution in [0, 0.1) is 41.5 Å². The van der Waals surface area contributed by atoms with Gasteiger partial charge in [-0.15, -0.1) is 0 Å². The Bertz CT molecular complexity index is 6380. The molecular weight excluding hydrogens is 1800 g/mol. The highest BCUT2D eigenvalue weighted by Gasteiger charge is 2.27. The van der Waals surface area contributed by atoms with Crippen LogP contribution in [-0.4, -0.2) is 0 Å². The molecule has 0 heteroatoms. The Morgan fingerprint density at radius 1 is 0.127 bits per heavy atom. The Morgan fingerprint density at radius 2 is 0.393 bits per heavy atom. The van der Waals surface area contributed by atoms with E-state index in [9.17, 15) is 0 Å². The molecule has 0 spiro atoms. The third kappa shape index (κ3) is 39.4. The van der Waals surface area contributed by atoms with Gasteiger partial charge in [0.1, 0.15) is 0 Å². The summed E-state index contributed by atoms with van der Waals surface area (Å²) in [4.78, 5) is 0. The van der Waals surface area contributed by atoms with Crippen LogP contribution in [0.5, 0.6) is 0 Å². The molecule has 0 aromatic heterocycles. The molecule has 0 atom stereocenters. The van der Waals surface area contributed by atoms with Gasteiger partial charge in [-0.25, -0.2) is 0 Å². The number of fused-ring (bicyclic) bond motifs is 14. The second-order valence-electron chi connectivity index (χ2n) is 30.8. The van der Waals surface area contributed by atoms with E-state index >= 15 is 0 Å². The van der Waals surface area contributed by atoms with E-state index in [4.69, 9.17) is 0 Å². The van der Waals surface area contributed by atoms with Gasteiger partial charge in [0.25, 0.3) is 0 Å². The van der Waals surface area contributed by atoms with Crippen LogP contribution in [0.15, 0.2) is 400 Å². The van der Waals surface area contributed by atoms with Crippen molar-refractivity contribution in [1.29, 1.82) is 0 Å². The summed E-state index contributed by atoms with van der Waals surface area (Å²) in [5, 5.41) is 5.29. The lowest BCUT2D eigenvalue weighted by molar-refractivity contribution is 1.22. The van der Waals surface area contributed by atoms with E-state index in [1.807, 2.05) is 255 Å². The predicted octanol–water partition coefficient (Wildman–Crippen LogP) is 49.0. The van der Waals surface area contributed by atoms with Gasteiger partial charge in [0.05, 0.1) is 0 Å². The second-order valence-corrected chi connectivity index (χ2v) is 30.8. The third-order valence-corrected chi connectivity index (χ3v) is 23.2. The molecule has 0 bridgehead atoms. The lowest BCUT2D eigenvalue weighted by Crippen LogP contribution is -1.89. The Balaban J connectivity index is 0. The topological polar surface area (TPSA) is 0 Å². The largest absolute Gasteiger partial charge is 0.0683 e. The van der Waals surface area contributed by atoms with Gasteiger partial charge < -0.3 is 0 Å². The summed E-state index contributed by atoms with van der Waals surface area (Å²) in [6, 6.07) is 144. The average molecular weight is 2000 g/mol. The van der Waals surface area contributed by atoms with E-state index in [1.54, 1.807) is 0 Å². The Labute approximate surface area is 921 Å². The number of hydrogen-bond acceptors (Lipinski definition) is 0. The zero-order chi connectivity index (χ0) is 113. The summed E-state index contributed by atoms with van der Waals surface area (Å²) in [7, 11) is 0. The number of hydrogen-bond donors (Lipinski definition) is 0. The van der Waals surface area contributed by atoms with E-state index in [-0.39, 0.29) is 0 Å². The zero-order valence-corrected chi connectivity index (χ0v) is 102. The highest BCUT2D eigenvalue weighted by atomic mass is 14.3. The molecule has 0 aliphatic heterocycles. The molecule has 0 heterocycles. The Hall–Kier alpha value is -13.5. The molecule has 0 nitrogen and oxygen atoms in total. The van der Waals surface area contributed by atoms with Crippen molar-refractivity contribution in [2.24, 2.45) is 0 Å². The van der Waals surface area contributed by atoms with E-state index in [1.165, 1.54) is 211 Å². The average Bonchev–Trinajstić information content (AvgIpc) is 1.60. The van der Waals surface area contributed by atoms with Gasteiger partial charge in [-0.3, -0.25) is 0 Å². The number of rotatable bonds is 6. The van der Waals surface area contributed by atoms with Gasteiger partial charge in [-0.2, -0.15) is 0 Å². The summed E-state index contributed by atoms with van der Waals surface area (Å²) < 4.78 is 0. The highest BCUT2D eigenvalue weighted by molar-refractivity contribution is 5.99. The fourth-order valence-electron chi connectivity index (χ4n) is 17.5. The molecule has 4 aliphatic carbocycles. The maximum atomic E-state index is 2.27. The molecule has 22 rings (SSSR count). The second kappa shape index (κ2) is 84.3. The Morgan fingerprint density at radius 3 is 0.800 bits per heavy atom. The molecule has 0 saturated carbocycles. The van der Waals surface area contributed by atoms with Gasteiger partial charge in [-0.05, 0) is 267 Å². The van der Waals surface area contributed by atoms with Crippen molar-refractivity contribution in [2.75, 3.05) is 0 Å². The molecule has 800 valence electrons.